The van der Waals surface area contributed by atoms with Crippen molar-refractivity contribution in [1.29, 1.82) is 0 Å². The van der Waals surface area contributed by atoms with Crippen molar-refractivity contribution >= 4 is 18.3 Å². The van der Waals surface area contributed by atoms with Crippen LogP contribution in [0.1, 0.15) is 109 Å². The zero-order valence-electron chi connectivity index (χ0n) is 23.6. The first-order chi connectivity index (χ1) is 18.6. The van der Waals surface area contributed by atoms with Crippen LogP contribution in [0.2, 0.25) is 0 Å². The smallest absolute Gasteiger partial charge is 0.329 e. The van der Waals surface area contributed by atoms with Crippen molar-refractivity contribution in [3.05, 3.63) is 48.0 Å². The predicted molar refractivity (Wildman–Crippen MR) is 152 cm³/mol. The molecule has 0 aliphatic carbocycles. The van der Waals surface area contributed by atoms with E-state index in [2.05, 4.69) is 31.3 Å². The summed E-state index contributed by atoms with van der Waals surface area (Å²) in [6.07, 6.45) is 19.3. The Kier molecular flexibility index (Phi) is 16.2. The molecule has 1 saturated heterocycles. The van der Waals surface area contributed by atoms with Crippen LogP contribution in [-0.2, 0) is 30.3 Å². The summed E-state index contributed by atoms with van der Waals surface area (Å²) < 4.78 is 11.5. The van der Waals surface area contributed by atoms with Crippen molar-refractivity contribution in [2.24, 2.45) is 5.92 Å². The first-order valence-electron chi connectivity index (χ1n) is 14.9. The quantitative estimate of drug-likeness (QED) is 0.0771. The fraction of sp³-hybridized carbons (Fsp3) is 0.656. The van der Waals surface area contributed by atoms with Crippen molar-refractivity contribution in [1.82, 2.24) is 5.32 Å². The minimum atomic E-state index is -0.759. The summed E-state index contributed by atoms with van der Waals surface area (Å²) in [4.78, 5) is 36.5. The molecule has 1 N–H and O–H groups in total. The molecule has 38 heavy (non-hydrogen) atoms. The molecule has 1 aliphatic rings. The van der Waals surface area contributed by atoms with E-state index in [0.717, 1.165) is 44.1 Å². The first kappa shape index (κ1) is 31.6. The van der Waals surface area contributed by atoms with Gasteiger partial charge in [-0.25, -0.2) is 4.79 Å². The number of benzene rings is 1. The van der Waals surface area contributed by atoms with Gasteiger partial charge < -0.3 is 14.8 Å². The Morgan fingerprint density at radius 1 is 0.974 bits per heavy atom. The van der Waals surface area contributed by atoms with Crippen LogP contribution in [0.25, 0.3) is 0 Å². The summed E-state index contributed by atoms with van der Waals surface area (Å²) in [5.41, 5.74) is 0.947. The van der Waals surface area contributed by atoms with E-state index < -0.39 is 12.0 Å². The van der Waals surface area contributed by atoms with Gasteiger partial charge in [0.05, 0.1) is 5.92 Å². The number of unbranched alkanes of at least 4 members (excludes halogenated alkanes) is 8. The third-order valence-corrected chi connectivity index (χ3v) is 7.30. The molecule has 0 bridgehead atoms. The van der Waals surface area contributed by atoms with Gasteiger partial charge in [-0.3, -0.25) is 9.59 Å². The predicted octanol–water partition coefficient (Wildman–Crippen LogP) is 6.85. The minimum absolute atomic E-state index is 0.111. The molecule has 1 heterocycles. The van der Waals surface area contributed by atoms with E-state index in [1.54, 1.807) is 0 Å². The first-order valence-corrected chi connectivity index (χ1v) is 14.9. The maximum atomic E-state index is 13.1. The Hall–Kier alpha value is -2.63. The molecule has 1 aromatic rings. The van der Waals surface area contributed by atoms with E-state index in [1.165, 1.54) is 38.5 Å². The fourth-order valence-corrected chi connectivity index (χ4v) is 4.96. The van der Waals surface area contributed by atoms with Gasteiger partial charge in [0.1, 0.15) is 18.2 Å². The zero-order chi connectivity index (χ0) is 27.4. The van der Waals surface area contributed by atoms with Gasteiger partial charge in [0.15, 0.2) is 0 Å². The second kappa shape index (κ2) is 19.4. The Morgan fingerprint density at radius 2 is 1.66 bits per heavy atom. The van der Waals surface area contributed by atoms with E-state index in [9.17, 15) is 14.4 Å². The molecular formula is C32H49NO5. The lowest BCUT2D eigenvalue weighted by molar-refractivity contribution is -0.190. The minimum Gasteiger partial charge on any atom is -0.461 e. The summed E-state index contributed by atoms with van der Waals surface area (Å²) in [6, 6.07) is 8.82. The molecule has 4 atom stereocenters. The van der Waals surface area contributed by atoms with Crippen LogP contribution in [-0.4, -0.2) is 36.6 Å². The van der Waals surface area contributed by atoms with Crippen molar-refractivity contribution < 1.29 is 23.9 Å². The highest BCUT2D eigenvalue weighted by Gasteiger charge is 2.43. The van der Waals surface area contributed by atoms with Crippen LogP contribution in [0.3, 0.4) is 0 Å². The van der Waals surface area contributed by atoms with Gasteiger partial charge in [-0.1, -0.05) is 108 Å². The normalized spacial score (nSPS) is 18.4. The molecule has 1 amide bonds. The largest absolute Gasteiger partial charge is 0.461 e. The maximum Gasteiger partial charge on any atom is 0.329 e. The molecule has 1 aliphatic heterocycles. The lowest BCUT2D eigenvalue weighted by Crippen LogP contribution is -2.48. The van der Waals surface area contributed by atoms with Crippen LogP contribution in [0.5, 0.6) is 0 Å². The lowest BCUT2D eigenvalue weighted by atomic mass is 9.86. The van der Waals surface area contributed by atoms with Crippen LogP contribution in [0.4, 0.5) is 0 Å². The van der Waals surface area contributed by atoms with Gasteiger partial charge >= 0.3 is 11.9 Å². The Morgan fingerprint density at radius 3 is 2.34 bits per heavy atom. The Labute approximate surface area is 229 Å². The van der Waals surface area contributed by atoms with Gasteiger partial charge in [0, 0.05) is 12.8 Å². The number of hydrogen-bond acceptors (Lipinski definition) is 5. The summed E-state index contributed by atoms with van der Waals surface area (Å²) in [5, 5.41) is 2.62. The summed E-state index contributed by atoms with van der Waals surface area (Å²) >= 11 is 0. The molecule has 212 valence electrons. The summed E-state index contributed by atoms with van der Waals surface area (Å²) in [5.74, 6) is -0.694. The lowest BCUT2D eigenvalue weighted by Gasteiger charge is -2.37. The van der Waals surface area contributed by atoms with Gasteiger partial charge in [-0.15, -0.1) is 0 Å². The van der Waals surface area contributed by atoms with E-state index >= 15 is 0 Å². The number of allylic oxidation sites excluding steroid dienone is 2. The number of cyclic esters (lactones) is 1. The van der Waals surface area contributed by atoms with Crippen LogP contribution < -0.4 is 5.32 Å². The number of carbonyl (C=O) groups excluding carboxylic acids is 3. The second-order valence-corrected chi connectivity index (χ2v) is 10.5. The SMILES string of the molecule is CCCCCCCC=CCCC(CC1OC(=O)C1CCCCCC)OC(=O)C(Cc1ccccc1)NC=O. The monoisotopic (exact) mass is 527 g/mol. The Bertz CT molecular complexity index is 824. The third kappa shape index (κ3) is 12.3. The van der Waals surface area contributed by atoms with E-state index in [0.29, 0.717) is 25.7 Å². The van der Waals surface area contributed by atoms with Gasteiger partial charge in [-0.05, 0) is 37.7 Å². The number of ether oxygens (including phenoxy) is 2. The standard InChI is InChI=1S/C32H49NO5/c1-3-5-7-9-10-11-12-13-17-21-27(24-30-28(31(35)38-30)22-18-8-6-4-2)37-32(36)29(33-25-34)23-26-19-15-14-16-20-26/h12-16,19-20,25,27-30H,3-11,17-18,21-24H2,1-2H3,(H,33,34). The molecule has 2 rings (SSSR count). The molecular weight excluding hydrogens is 478 g/mol. The summed E-state index contributed by atoms with van der Waals surface area (Å²) in [6.45, 7) is 4.39. The van der Waals surface area contributed by atoms with Crippen LogP contribution in [0.15, 0.2) is 42.5 Å². The number of nitrogens with one attached hydrogen (secondary N) is 1. The molecule has 0 aromatic heterocycles. The average molecular weight is 528 g/mol. The van der Waals surface area contributed by atoms with E-state index in [-0.39, 0.29) is 24.1 Å². The highest BCUT2D eigenvalue weighted by atomic mass is 16.6. The number of carbonyl (C=O) groups is 3. The van der Waals surface area contributed by atoms with Crippen LogP contribution >= 0.6 is 0 Å². The number of esters is 2. The van der Waals surface area contributed by atoms with E-state index in [4.69, 9.17) is 9.47 Å². The molecule has 4 unspecified atom stereocenters. The van der Waals surface area contributed by atoms with Gasteiger partial charge in [0.25, 0.3) is 0 Å². The molecule has 0 radical (unpaired) electrons. The molecule has 6 nitrogen and oxygen atoms in total. The molecule has 0 spiro atoms. The van der Waals surface area contributed by atoms with Crippen molar-refractivity contribution in [3.63, 3.8) is 0 Å². The highest BCUT2D eigenvalue weighted by Crippen LogP contribution is 2.32. The average Bonchev–Trinajstić information content (AvgIpc) is 2.91. The van der Waals surface area contributed by atoms with E-state index in [1.807, 2.05) is 30.3 Å². The molecule has 1 aromatic carbocycles. The molecule has 1 fully saturated rings. The highest BCUT2D eigenvalue weighted by molar-refractivity contribution is 5.79. The van der Waals surface area contributed by atoms with Crippen molar-refractivity contribution in [3.8, 4) is 0 Å². The number of amides is 1. The summed E-state index contributed by atoms with van der Waals surface area (Å²) in [7, 11) is 0. The molecule has 6 heteroatoms. The van der Waals surface area contributed by atoms with Crippen molar-refractivity contribution in [2.75, 3.05) is 0 Å². The third-order valence-electron chi connectivity index (χ3n) is 7.30. The maximum absolute atomic E-state index is 13.1. The Balaban J connectivity index is 1.94. The van der Waals surface area contributed by atoms with Gasteiger partial charge in [-0.2, -0.15) is 0 Å². The number of hydrogen-bond donors (Lipinski definition) is 1. The number of rotatable bonds is 22. The van der Waals surface area contributed by atoms with Gasteiger partial charge in [0.2, 0.25) is 6.41 Å². The molecule has 0 saturated carbocycles. The zero-order valence-corrected chi connectivity index (χ0v) is 23.6. The van der Waals surface area contributed by atoms with Crippen LogP contribution in [0, 0.1) is 5.92 Å². The fourth-order valence-electron chi connectivity index (χ4n) is 4.96. The van der Waals surface area contributed by atoms with Crippen molar-refractivity contribution in [2.45, 2.75) is 128 Å². The topological polar surface area (TPSA) is 81.7 Å². The second-order valence-electron chi connectivity index (χ2n) is 10.5.